The highest BCUT2D eigenvalue weighted by atomic mass is 35.5. The minimum Gasteiger partial charge on any atom is -0.497 e. The Labute approximate surface area is 168 Å². The zero-order valence-electron chi connectivity index (χ0n) is 15.8. The first-order chi connectivity index (χ1) is 13.6. The highest BCUT2D eigenvalue weighted by Gasteiger charge is 2.08. The van der Waals surface area contributed by atoms with Crippen LogP contribution in [0.1, 0.15) is 12.7 Å². The van der Waals surface area contributed by atoms with Gasteiger partial charge in [-0.3, -0.25) is 0 Å². The van der Waals surface area contributed by atoms with Crippen molar-refractivity contribution in [1.29, 1.82) is 0 Å². The second-order valence-corrected chi connectivity index (χ2v) is 6.48. The van der Waals surface area contributed by atoms with Crippen molar-refractivity contribution in [2.75, 3.05) is 30.8 Å². The number of carbonyl (C=O) groups is 1. The molecular weight excluding hydrogens is 378 g/mol. The number of benzene rings is 2. The van der Waals surface area contributed by atoms with Gasteiger partial charge < -0.3 is 20.7 Å². The number of ether oxygens (including phenoxy) is 1. The van der Waals surface area contributed by atoms with Crippen LogP contribution in [0.4, 0.5) is 16.3 Å². The van der Waals surface area contributed by atoms with E-state index in [4.69, 9.17) is 16.3 Å². The maximum absolute atomic E-state index is 12.0. The normalized spacial score (nSPS) is 10.5. The highest BCUT2D eigenvalue weighted by molar-refractivity contribution is 6.31. The van der Waals surface area contributed by atoms with E-state index in [0.29, 0.717) is 23.8 Å². The van der Waals surface area contributed by atoms with Crippen LogP contribution in [0, 0.1) is 0 Å². The summed E-state index contributed by atoms with van der Waals surface area (Å²) >= 11 is 6.07. The van der Waals surface area contributed by atoms with Crippen molar-refractivity contribution < 1.29 is 9.53 Å². The number of nitrogens with zero attached hydrogens (tertiary/aromatic N) is 2. The maximum atomic E-state index is 12.0. The number of halogens is 1. The number of methoxy groups -OCH3 is 1. The third-order valence-corrected chi connectivity index (χ3v) is 4.31. The van der Waals surface area contributed by atoms with Crippen LogP contribution in [0.3, 0.4) is 0 Å². The van der Waals surface area contributed by atoms with Gasteiger partial charge in [0, 0.05) is 35.6 Å². The number of aromatic nitrogens is 2. The lowest BCUT2D eigenvalue weighted by Crippen LogP contribution is -2.32. The second-order valence-electron chi connectivity index (χ2n) is 6.04. The minimum atomic E-state index is -0.277. The molecule has 0 aliphatic heterocycles. The molecule has 2 amide bonds. The van der Waals surface area contributed by atoms with Crippen molar-refractivity contribution in [3.05, 3.63) is 53.3 Å². The second kappa shape index (κ2) is 9.23. The molecular formula is C20H22ClN5O2. The Morgan fingerprint density at radius 3 is 2.61 bits per heavy atom. The fraction of sp³-hybridized carbons (Fsp3) is 0.250. The molecule has 146 valence electrons. The van der Waals surface area contributed by atoms with Crippen molar-refractivity contribution in [2.45, 2.75) is 13.3 Å². The lowest BCUT2D eigenvalue weighted by atomic mass is 10.2. The molecule has 0 aliphatic rings. The van der Waals surface area contributed by atoms with Crippen LogP contribution in [0.15, 0.2) is 42.5 Å². The third-order valence-electron chi connectivity index (χ3n) is 4.07. The number of carbonyl (C=O) groups excluding carboxylic acids is 1. The first-order valence-electron chi connectivity index (χ1n) is 8.98. The average Bonchev–Trinajstić information content (AvgIpc) is 2.71. The first kappa shape index (κ1) is 19.7. The van der Waals surface area contributed by atoms with Gasteiger partial charge in [-0.2, -0.15) is 0 Å². The topological polar surface area (TPSA) is 88.2 Å². The van der Waals surface area contributed by atoms with E-state index >= 15 is 0 Å². The number of aryl methyl sites for hydroxylation is 1. The van der Waals surface area contributed by atoms with E-state index in [9.17, 15) is 4.79 Å². The number of nitrogens with one attached hydrogen (secondary N) is 3. The molecule has 1 aromatic heterocycles. The molecule has 28 heavy (non-hydrogen) atoms. The molecule has 3 N–H and O–H groups in total. The van der Waals surface area contributed by atoms with Gasteiger partial charge in [-0.15, -0.1) is 0 Å². The molecule has 2 aromatic carbocycles. The monoisotopic (exact) mass is 399 g/mol. The average molecular weight is 400 g/mol. The van der Waals surface area contributed by atoms with E-state index in [1.54, 1.807) is 31.4 Å². The van der Waals surface area contributed by atoms with Gasteiger partial charge in [-0.25, -0.2) is 14.8 Å². The molecule has 0 saturated heterocycles. The lowest BCUT2D eigenvalue weighted by molar-refractivity contribution is 0.252. The summed E-state index contributed by atoms with van der Waals surface area (Å²) in [6.45, 7) is 2.96. The van der Waals surface area contributed by atoms with Crippen LogP contribution in [-0.2, 0) is 6.42 Å². The van der Waals surface area contributed by atoms with Crippen molar-refractivity contribution in [2.24, 2.45) is 0 Å². The summed E-state index contributed by atoms with van der Waals surface area (Å²) in [5.41, 5.74) is 1.49. The Bertz CT molecular complexity index is 963. The van der Waals surface area contributed by atoms with Crippen LogP contribution in [0.2, 0.25) is 5.02 Å². The molecule has 0 radical (unpaired) electrons. The molecule has 0 unspecified atom stereocenters. The number of rotatable bonds is 7. The lowest BCUT2D eigenvalue weighted by Gasteiger charge is -2.12. The Balaban J connectivity index is 1.55. The molecule has 3 rings (SSSR count). The molecule has 8 heteroatoms. The molecule has 0 spiro atoms. The van der Waals surface area contributed by atoms with Crippen LogP contribution >= 0.6 is 11.6 Å². The number of fused-ring (bicyclic) bond motifs is 1. The predicted octanol–water partition coefficient (Wildman–Crippen LogP) is 4.09. The van der Waals surface area contributed by atoms with Crippen molar-refractivity contribution in [3.8, 4) is 5.75 Å². The van der Waals surface area contributed by atoms with Crippen LogP contribution in [-0.4, -0.2) is 36.2 Å². The molecule has 0 atom stereocenters. The largest absolute Gasteiger partial charge is 0.497 e. The maximum Gasteiger partial charge on any atom is 0.319 e. The van der Waals surface area contributed by atoms with E-state index in [1.165, 1.54) is 0 Å². The molecule has 0 aliphatic carbocycles. The molecule has 0 fully saturated rings. The fourth-order valence-electron chi connectivity index (χ4n) is 2.65. The first-order valence-corrected chi connectivity index (χ1v) is 9.36. The number of hydrogen-bond donors (Lipinski definition) is 3. The number of hydrogen-bond acceptors (Lipinski definition) is 5. The van der Waals surface area contributed by atoms with E-state index < -0.39 is 0 Å². The Morgan fingerprint density at radius 2 is 1.89 bits per heavy atom. The van der Waals surface area contributed by atoms with Gasteiger partial charge in [0.25, 0.3) is 0 Å². The van der Waals surface area contributed by atoms with Gasteiger partial charge >= 0.3 is 6.03 Å². The van der Waals surface area contributed by atoms with Crippen molar-refractivity contribution in [1.82, 2.24) is 15.3 Å². The van der Waals surface area contributed by atoms with Gasteiger partial charge in [-0.1, -0.05) is 18.5 Å². The Morgan fingerprint density at radius 1 is 1.11 bits per heavy atom. The van der Waals surface area contributed by atoms with E-state index in [-0.39, 0.29) is 6.03 Å². The summed E-state index contributed by atoms with van der Waals surface area (Å²) in [6.07, 6.45) is 0.722. The minimum absolute atomic E-state index is 0.277. The molecule has 3 aromatic rings. The fourth-order valence-corrected chi connectivity index (χ4v) is 2.82. The third kappa shape index (κ3) is 5.01. The summed E-state index contributed by atoms with van der Waals surface area (Å²) in [6, 6.07) is 12.4. The highest BCUT2D eigenvalue weighted by Crippen LogP contribution is 2.23. The summed E-state index contributed by atoms with van der Waals surface area (Å²) < 4.78 is 5.09. The number of anilines is 2. The molecule has 0 saturated carbocycles. The summed E-state index contributed by atoms with van der Waals surface area (Å²) in [5, 5.41) is 10.4. The molecule has 7 nitrogen and oxygen atoms in total. The van der Waals surface area contributed by atoms with Gasteiger partial charge in [0.1, 0.15) is 17.4 Å². The van der Waals surface area contributed by atoms with Gasteiger partial charge in [0.05, 0.1) is 12.6 Å². The molecule has 1 heterocycles. The van der Waals surface area contributed by atoms with Gasteiger partial charge in [-0.05, 0) is 42.5 Å². The molecule has 0 bridgehead atoms. The Kier molecular flexibility index (Phi) is 6.49. The predicted molar refractivity (Wildman–Crippen MR) is 112 cm³/mol. The standard InChI is InChI=1S/C20H22ClN5O2/c1-3-18-25-17-12-13(21)4-9-16(17)19(26-18)22-10-11-23-20(27)24-14-5-7-15(28-2)8-6-14/h4-9,12H,3,10-11H2,1-2H3,(H,22,25,26)(H2,23,24,27). The van der Waals surface area contributed by atoms with Crippen molar-refractivity contribution >= 4 is 40.0 Å². The summed E-state index contributed by atoms with van der Waals surface area (Å²) in [4.78, 5) is 21.1. The SMILES string of the molecule is CCc1nc(NCCNC(=O)Nc2ccc(OC)cc2)c2ccc(Cl)cc2n1. The Hall–Kier alpha value is -3.06. The number of urea groups is 1. The van der Waals surface area contributed by atoms with Crippen LogP contribution in [0.5, 0.6) is 5.75 Å². The van der Waals surface area contributed by atoms with E-state index in [2.05, 4.69) is 25.9 Å². The summed E-state index contributed by atoms with van der Waals surface area (Å²) in [7, 11) is 1.60. The van der Waals surface area contributed by atoms with E-state index in [1.807, 2.05) is 25.1 Å². The van der Waals surface area contributed by atoms with Gasteiger partial charge in [0.15, 0.2) is 0 Å². The quantitative estimate of drug-likeness (QED) is 0.521. The van der Waals surface area contributed by atoms with Crippen molar-refractivity contribution in [3.63, 3.8) is 0 Å². The zero-order valence-corrected chi connectivity index (χ0v) is 16.5. The van der Waals surface area contributed by atoms with E-state index in [0.717, 1.165) is 34.7 Å². The zero-order chi connectivity index (χ0) is 19.9. The summed E-state index contributed by atoms with van der Waals surface area (Å²) in [5.74, 6) is 2.21. The smallest absolute Gasteiger partial charge is 0.319 e. The number of amides is 2. The van der Waals surface area contributed by atoms with Crippen LogP contribution in [0.25, 0.3) is 10.9 Å². The van der Waals surface area contributed by atoms with Gasteiger partial charge in [0.2, 0.25) is 0 Å². The van der Waals surface area contributed by atoms with Crippen LogP contribution < -0.4 is 20.7 Å².